The third-order valence-corrected chi connectivity index (χ3v) is 3.12. The van der Waals surface area contributed by atoms with E-state index in [1.165, 1.54) is 0 Å². The lowest BCUT2D eigenvalue weighted by Crippen LogP contribution is -2.44. The standard InChI is InChI=1S/C15H24N2O2/c1-10(2)9-13(15(19)16-4)17-11(3)12-7-5-6-8-14(12)18/h5-8,10-11,13,17-18H,9H2,1-4H3,(H,16,19). The van der Waals surface area contributed by atoms with Gasteiger partial charge in [0.05, 0.1) is 6.04 Å². The summed E-state index contributed by atoms with van der Waals surface area (Å²) in [5, 5.41) is 15.8. The summed E-state index contributed by atoms with van der Waals surface area (Å²) in [7, 11) is 1.64. The molecule has 3 N–H and O–H groups in total. The first-order valence-electron chi connectivity index (χ1n) is 6.71. The van der Waals surface area contributed by atoms with Crippen LogP contribution in [0.15, 0.2) is 24.3 Å². The molecule has 0 saturated carbocycles. The van der Waals surface area contributed by atoms with E-state index < -0.39 is 0 Å². The fourth-order valence-electron chi connectivity index (χ4n) is 2.14. The Labute approximate surface area is 115 Å². The van der Waals surface area contributed by atoms with Crippen LogP contribution in [0.4, 0.5) is 0 Å². The molecule has 106 valence electrons. The second kappa shape index (κ2) is 7.14. The van der Waals surface area contributed by atoms with Gasteiger partial charge in [-0.2, -0.15) is 0 Å². The van der Waals surface area contributed by atoms with Crippen LogP contribution in [0.25, 0.3) is 0 Å². The Morgan fingerprint density at radius 1 is 1.26 bits per heavy atom. The quantitative estimate of drug-likeness (QED) is 0.738. The summed E-state index contributed by atoms with van der Waals surface area (Å²) in [6, 6.07) is 6.86. The topological polar surface area (TPSA) is 61.4 Å². The Hall–Kier alpha value is -1.55. The monoisotopic (exact) mass is 264 g/mol. The van der Waals surface area contributed by atoms with Gasteiger partial charge in [-0.05, 0) is 25.3 Å². The van der Waals surface area contributed by atoms with Gasteiger partial charge in [0.25, 0.3) is 0 Å². The van der Waals surface area contributed by atoms with E-state index in [9.17, 15) is 9.90 Å². The summed E-state index contributed by atoms with van der Waals surface area (Å²) >= 11 is 0. The number of rotatable bonds is 6. The van der Waals surface area contributed by atoms with Gasteiger partial charge >= 0.3 is 0 Å². The number of aromatic hydroxyl groups is 1. The van der Waals surface area contributed by atoms with E-state index in [1.54, 1.807) is 19.2 Å². The van der Waals surface area contributed by atoms with Crippen LogP contribution in [0.3, 0.4) is 0 Å². The number of phenolic OH excluding ortho intramolecular Hbond substituents is 1. The molecule has 2 unspecified atom stereocenters. The minimum atomic E-state index is -0.250. The van der Waals surface area contributed by atoms with Crippen molar-refractivity contribution in [1.82, 2.24) is 10.6 Å². The highest BCUT2D eigenvalue weighted by atomic mass is 16.3. The minimum Gasteiger partial charge on any atom is -0.508 e. The van der Waals surface area contributed by atoms with Crippen LogP contribution < -0.4 is 10.6 Å². The number of carbonyl (C=O) groups excluding carboxylic acids is 1. The molecule has 4 nitrogen and oxygen atoms in total. The zero-order valence-electron chi connectivity index (χ0n) is 12.1. The van der Waals surface area contributed by atoms with Gasteiger partial charge in [0.2, 0.25) is 5.91 Å². The molecule has 0 aromatic heterocycles. The van der Waals surface area contributed by atoms with E-state index in [-0.39, 0.29) is 23.7 Å². The SMILES string of the molecule is CNC(=O)C(CC(C)C)NC(C)c1ccccc1O. The third-order valence-electron chi connectivity index (χ3n) is 3.12. The summed E-state index contributed by atoms with van der Waals surface area (Å²) in [6.07, 6.45) is 0.762. The van der Waals surface area contributed by atoms with Gasteiger partial charge in [-0.15, -0.1) is 0 Å². The highest BCUT2D eigenvalue weighted by Crippen LogP contribution is 2.24. The molecule has 0 aliphatic heterocycles. The Kier molecular flexibility index (Phi) is 5.83. The highest BCUT2D eigenvalue weighted by molar-refractivity contribution is 5.81. The van der Waals surface area contributed by atoms with Crippen molar-refractivity contribution in [2.75, 3.05) is 7.05 Å². The minimum absolute atomic E-state index is 0.0176. The van der Waals surface area contributed by atoms with Crippen molar-refractivity contribution in [2.24, 2.45) is 5.92 Å². The lowest BCUT2D eigenvalue weighted by Gasteiger charge is -2.24. The average molecular weight is 264 g/mol. The van der Waals surface area contributed by atoms with Gasteiger partial charge in [-0.3, -0.25) is 10.1 Å². The normalized spacial score (nSPS) is 14.2. The predicted molar refractivity (Wildman–Crippen MR) is 77.0 cm³/mol. The fourth-order valence-corrected chi connectivity index (χ4v) is 2.14. The maximum absolute atomic E-state index is 11.9. The molecule has 0 spiro atoms. The second-order valence-corrected chi connectivity index (χ2v) is 5.24. The van der Waals surface area contributed by atoms with E-state index in [2.05, 4.69) is 24.5 Å². The van der Waals surface area contributed by atoms with Crippen molar-refractivity contribution in [3.63, 3.8) is 0 Å². The van der Waals surface area contributed by atoms with Crippen molar-refractivity contribution in [1.29, 1.82) is 0 Å². The number of benzene rings is 1. The van der Waals surface area contributed by atoms with Gasteiger partial charge in [-0.25, -0.2) is 0 Å². The third kappa shape index (κ3) is 4.56. The number of likely N-dealkylation sites (N-methyl/N-ethyl adjacent to an activating group) is 1. The van der Waals surface area contributed by atoms with Gasteiger partial charge in [-0.1, -0.05) is 32.0 Å². The van der Waals surface area contributed by atoms with Crippen LogP contribution >= 0.6 is 0 Å². The summed E-state index contributed by atoms with van der Waals surface area (Å²) in [5.74, 6) is 0.657. The van der Waals surface area contributed by atoms with Crippen LogP contribution in [0.1, 0.15) is 38.8 Å². The number of carbonyl (C=O) groups is 1. The van der Waals surface area contributed by atoms with Crippen LogP contribution in [-0.4, -0.2) is 24.1 Å². The maximum atomic E-state index is 11.9. The van der Waals surface area contributed by atoms with Crippen LogP contribution in [0, 0.1) is 5.92 Å². The predicted octanol–water partition coefficient (Wildman–Crippen LogP) is 2.20. The van der Waals surface area contributed by atoms with Gasteiger partial charge in [0, 0.05) is 18.7 Å². The number of amides is 1. The van der Waals surface area contributed by atoms with Crippen LogP contribution in [-0.2, 0) is 4.79 Å². The molecule has 0 radical (unpaired) electrons. The van der Waals surface area contributed by atoms with Crippen LogP contribution in [0.2, 0.25) is 0 Å². The zero-order chi connectivity index (χ0) is 14.4. The first-order valence-corrected chi connectivity index (χ1v) is 6.71. The number of para-hydroxylation sites is 1. The van der Waals surface area contributed by atoms with Crippen molar-refractivity contribution in [3.8, 4) is 5.75 Å². The maximum Gasteiger partial charge on any atom is 0.236 e. The molecule has 1 aromatic rings. The molecular weight excluding hydrogens is 240 g/mol. The molecule has 4 heteroatoms. The first-order chi connectivity index (χ1) is 8.95. The Bertz CT molecular complexity index is 418. The van der Waals surface area contributed by atoms with Crippen LogP contribution in [0.5, 0.6) is 5.75 Å². The Balaban J connectivity index is 2.78. The van der Waals surface area contributed by atoms with Crippen molar-refractivity contribution in [2.45, 2.75) is 39.3 Å². The van der Waals surface area contributed by atoms with E-state index in [4.69, 9.17) is 0 Å². The van der Waals surface area contributed by atoms with Gasteiger partial charge < -0.3 is 10.4 Å². The van der Waals surface area contributed by atoms with E-state index in [0.29, 0.717) is 5.92 Å². The molecule has 0 aliphatic rings. The summed E-state index contributed by atoms with van der Waals surface area (Å²) < 4.78 is 0. The largest absolute Gasteiger partial charge is 0.508 e. The molecule has 1 rings (SSSR count). The number of nitrogens with one attached hydrogen (secondary N) is 2. The van der Waals surface area contributed by atoms with Gasteiger partial charge in [0.1, 0.15) is 5.75 Å². The molecule has 0 aliphatic carbocycles. The van der Waals surface area contributed by atoms with Crippen molar-refractivity contribution >= 4 is 5.91 Å². The van der Waals surface area contributed by atoms with Gasteiger partial charge in [0.15, 0.2) is 0 Å². The van der Waals surface area contributed by atoms with Crippen molar-refractivity contribution in [3.05, 3.63) is 29.8 Å². The molecule has 0 saturated heterocycles. The van der Waals surface area contributed by atoms with E-state index in [0.717, 1.165) is 12.0 Å². The van der Waals surface area contributed by atoms with Crippen molar-refractivity contribution < 1.29 is 9.90 Å². The number of phenols is 1. The summed E-state index contributed by atoms with van der Waals surface area (Å²) in [5.41, 5.74) is 0.806. The fraction of sp³-hybridized carbons (Fsp3) is 0.533. The molecule has 1 amide bonds. The smallest absolute Gasteiger partial charge is 0.236 e. The molecule has 0 bridgehead atoms. The Morgan fingerprint density at radius 3 is 2.42 bits per heavy atom. The van der Waals surface area contributed by atoms with E-state index >= 15 is 0 Å². The lowest BCUT2D eigenvalue weighted by molar-refractivity contribution is -0.123. The number of hydrogen-bond donors (Lipinski definition) is 3. The van der Waals surface area contributed by atoms with E-state index in [1.807, 2.05) is 19.1 Å². The molecular formula is C15H24N2O2. The summed E-state index contributed by atoms with van der Waals surface area (Å²) in [6.45, 7) is 6.12. The number of hydrogen-bond acceptors (Lipinski definition) is 3. The molecule has 2 atom stereocenters. The zero-order valence-corrected chi connectivity index (χ0v) is 12.1. The lowest BCUT2D eigenvalue weighted by atomic mass is 10.0. The molecule has 1 aromatic carbocycles. The highest BCUT2D eigenvalue weighted by Gasteiger charge is 2.21. The first kappa shape index (κ1) is 15.5. The molecule has 0 fully saturated rings. The molecule has 19 heavy (non-hydrogen) atoms. The molecule has 0 heterocycles. The average Bonchev–Trinajstić information content (AvgIpc) is 2.36. The second-order valence-electron chi connectivity index (χ2n) is 5.24. The Morgan fingerprint density at radius 2 is 1.89 bits per heavy atom. The summed E-state index contributed by atoms with van der Waals surface area (Å²) in [4.78, 5) is 11.9.